The highest BCUT2D eigenvalue weighted by atomic mass is 19.1. The number of halogens is 2. The molecule has 0 saturated carbocycles. The second kappa shape index (κ2) is 9.79. The van der Waals surface area contributed by atoms with E-state index in [9.17, 15) is 8.78 Å². The van der Waals surface area contributed by atoms with Gasteiger partial charge in [-0.1, -0.05) is 43.8 Å². The van der Waals surface area contributed by atoms with Crippen molar-refractivity contribution >= 4 is 16.6 Å². The Morgan fingerprint density at radius 2 is 1.94 bits per heavy atom. The highest BCUT2D eigenvalue weighted by molar-refractivity contribution is 5.85. The van der Waals surface area contributed by atoms with E-state index in [4.69, 9.17) is 0 Å². The van der Waals surface area contributed by atoms with Gasteiger partial charge in [0.05, 0.1) is 18.8 Å². The molecular formula is C28H34F2N4. The molecule has 0 bridgehead atoms. The highest BCUT2D eigenvalue weighted by Gasteiger charge is 2.34. The van der Waals surface area contributed by atoms with Crippen molar-refractivity contribution in [3.8, 4) is 0 Å². The van der Waals surface area contributed by atoms with E-state index >= 15 is 0 Å². The van der Waals surface area contributed by atoms with Gasteiger partial charge in [-0.2, -0.15) is 0 Å². The maximum Gasteiger partial charge on any atom is 0.134 e. The quantitative estimate of drug-likeness (QED) is 0.440. The van der Waals surface area contributed by atoms with Crippen LogP contribution in [0.4, 0.5) is 14.5 Å². The highest BCUT2D eigenvalue weighted by Crippen LogP contribution is 2.40. The molecule has 4 nitrogen and oxygen atoms in total. The molecule has 2 aliphatic rings. The third-order valence-electron chi connectivity index (χ3n) is 7.36. The van der Waals surface area contributed by atoms with E-state index in [0.717, 1.165) is 30.8 Å². The first-order valence-corrected chi connectivity index (χ1v) is 12.4. The Morgan fingerprint density at radius 1 is 1.15 bits per heavy atom. The molecule has 1 saturated heterocycles. The predicted molar refractivity (Wildman–Crippen MR) is 136 cm³/mol. The molecule has 0 spiro atoms. The fraction of sp³-hybridized carbons (Fsp3) is 0.429. The molecule has 0 amide bonds. The minimum absolute atomic E-state index is 0.0780. The van der Waals surface area contributed by atoms with Gasteiger partial charge >= 0.3 is 0 Å². The van der Waals surface area contributed by atoms with Crippen LogP contribution >= 0.6 is 0 Å². The number of nitrogens with zero attached hydrogens (tertiary/aromatic N) is 2. The summed E-state index contributed by atoms with van der Waals surface area (Å²) >= 11 is 0. The molecule has 1 aromatic heterocycles. The number of hydrogen-bond donors (Lipinski definition) is 2. The molecule has 2 N–H and O–H groups in total. The van der Waals surface area contributed by atoms with E-state index in [1.807, 2.05) is 4.90 Å². The van der Waals surface area contributed by atoms with Gasteiger partial charge in [-0.3, -0.25) is 9.29 Å². The average molecular weight is 465 g/mol. The summed E-state index contributed by atoms with van der Waals surface area (Å²) in [6.45, 7) is 8.67. The lowest BCUT2D eigenvalue weighted by atomic mass is 9.91. The van der Waals surface area contributed by atoms with Crippen molar-refractivity contribution in [2.45, 2.75) is 44.4 Å². The van der Waals surface area contributed by atoms with Gasteiger partial charge in [0.1, 0.15) is 6.17 Å². The first kappa shape index (κ1) is 22.9. The van der Waals surface area contributed by atoms with E-state index in [1.54, 1.807) is 0 Å². The van der Waals surface area contributed by atoms with Crippen molar-refractivity contribution in [1.29, 1.82) is 0 Å². The second-order valence-electron chi connectivity index (χ2n) is 9.52. The summed E-state index contributed by atoms with van der Waals surface area (Å²) in [5.41, 5.74) is 7.05. The van der Waals surface area contributed by atoms with Crippen LogP contribution in [0.2, 0.25) is 0 Å². The summed E-state index contributed by atoms with van der Waals surface area (Å²) in [6, 6.07) is 16.7. The van der Waals surface area contributed by atoms with Crippen LogP contribution in [0.3, 0.4) is 0 Å². The summed E-state index contributed by atoms with van der Waals surface area (Å²) in [6.07, 6.45) is 1.41. The molecule has 2 aliphatic heterocycles. The Bertz CT molecular complexity index is 1140. The lowest BCUT2D eigenvalue weighted by molar-refractivity contribution is 0.265. The van der Waals surface area contributed by atoms with E-state index in [-0.39, 0.29) is 18.8 Å². The smallest absolute Gasteiger partial charge is 0.134 e. The third-order valence-corrected chi connectivity index (χ3v) is 7.36. The summed E-state index contributed by atoms with van der Waals surface area (Å²) in [4.78, 5) is 8.11. The van der Waals surface area contributed by atoms with Crippen LogP contribution in [0.5, 0.6) is 0 Å². The van der Waals surface area contributed by atoms with E-state index in [0.29, 0.717) is 26.1 Å². The maximum absolute atomic E-state index is 14.5. The number of alkyl halides is 2. The molecule has 6 heteroatoms. The summed E-state index contributed by atoms with van der Waals surface area (Å²) in [5, 5.41) is 4.66. The number of hydrogen-bond acceptors (Lipinski definition) is 3. The van der Waals surface area contributed by atoms with E-state index in [1.165, 1.54) is 27.7 Å². The van der Waals surface area contributed by atoms with Gasteiger partial charge in [0.2, 0.25) is 0 Å². The lowest BCUT2D eigenvalue weighted by Crippen LogP contribution is -2.35. The number of allylic oxidation sites excluding steroid dienone is 1. The number of aromatic nitrogens is 1. The number of aromatic amines is 1. The SMILES string of the molecule is C=C(CC)N1CCc2c([nH]c3ccccc23)[C@H]1c1ccc(N[C@@H]2CN(CCCF)C[C@H]2F)cc1. The van der Waals surface area contributed by atoms with Gasteiger partial charge in [-0.25, -0.2) is 4.39 Å². The van der Waals surface area contributed by atoms with Crippen LogP contribution in [0.25, 0.3) is 10.9 Å². The lowest BCUT2D eigenvalue weighted by Gasteiger charge is -2.39. The topological polar surface area (TPSA) is 34.3 Å². The summed E-state index contributed by atoms with van der Waals surface area (Å²) in [5.74, 6) is 0. The van der Waals surface area contributed by atoms with Gasteiger partial charge in [-0.15, -0.1) is 0 Å². The summed E-state index contributed by atoms with van der Waals surface area (Å²) < 4.78 is 27.0. The number of H-pyrrole nitrogens is 1. The number of para-hydroxylation sites is 1. The van der Waals surface area contributed by atoms with Crippen LogP contribution in [-0.2, 0) is 6.42 Å². The Balaban J connectivity index is 1.39. The minimum Gasteiger partial charge on any atom is -0.378 e. The minimum atomic E-state index is -0.949. The Hall–Kier alpha value is -2.86. The number of likely N-dealkylation sites (tertiary alicyclic amines) is 1. The van der Waals surface area contributed by atoms with E-state index in [2.05, 4.69) is 77.2 Å². The number of benzene rings is 2. The number of fused-ring (bicyclic) bond motifs is 3. The Labute approximate surface area is 200 Å². The van der Waals surface area contributed by atoms with Gasteiger partial charge in [-0.05, 0) is 48.6 Å². The first-order chi connectivity index (χ1) is 16.6. The van der Waals surface area contributed by atoms with Gasteiger partial charge in [0.15, 0.2) is 0 Å². The molecule has 5 rings (SSSR count). The van der Waals surface area contributed by atoms with Crippen molar-refractivity contribution in [3.63, 3.8) is 0 Å². The monoisotopic (exact) mass is 464 g/mol. The molecule has 34 heavy (non-hydrogen) atoms. The van der Waals surface area contributed by atoms with Crippen LogP contribution in [0, 0.1) is 0 Å². The molecular weight excluding hydrogens is 430 g/mol. The van der Waals surface area contributed by atoms with E-state index < -0.39 is 6.17 Å². The van der Waals surface area contributed by atoms with Crippen molar-refractivity contribution in [2.75, 3.05) is 38.2 Å². The van der Waals surface area contributed by atoms with Crippen molar-refractivity contribution in [3.05, 3.63) is 77.6 Å². The standard InChI is InChI=1S/C28H34F2N4/c1-3-19(2)34-16-13-23-22-7-4-5-8-25(22)32-27(23)28(34)20-9-11-21(12-10-20)31-26-18-33(15-6-14-29)17-24(26)30/h4-5,7-12,24,26,28,31-32H,2-3,6,13-18H2,1H3/t24-,26-,28-/m1/s1. The molecule has 0 radical (unpaired) electrons. The molecule has 0 unspecified atom stereocenters. The molecule has 180 valence electrons. The normalized spacial score (nSPS) is 22.8. The maximum atomic E-state index is 14.5. The molecule has 0 aliphatic carbocycles. The fourth-order valence-corrected chi connectivity index (χ4v) is 5.55. The van der Waals surface area contributed by atoms with Crippen LogP contribution in [0.1, 0.15) is 42.6 Å². The largest absolute Gasteiger partial charge is 0.378 e. The predicted octanol–water partition coefficient (Wildman–Crippen LogP) is 5.83. The number of rotatable bonds is 8. The molecule has 1 fully saturated rings. The molecule has 2 aromatic carbocycles. The van der Waals surface area contributed by atoms with Crippen molar-refractivity contribution in [2.24, 2.45) is 0 Å². The molecule has 3 aromatic rings. The number of nitrogens with one attached hydrogen (secondary N) is 2. The fourth-order valence-electron chi connectivity index (χ4n) is 5.55. The van der Waals surface area contributed by atoms with Crippen LogP contribution in [0.15, 0.2) is 60.8 Å². The van der Waals surface area contributed by atoms with Crippen LogP contribution < -0.4 is 5.32 Å². The van der Waals surface area contributed by atoms with Gasteiger partial charge in [0.25, 0.3) is 0 Å². The zero-order chi connectivity index (χ0) is 23.7. The van der Waals surface area contributed by atoms with Gasteiger partial charge < -0.3 is 15.2 Å². The zero-order valence-electron chi connectivity index (χ0n) is 19.9. The zero-order valence-corrected chi connectivity index (χ0v) is 19.9. The Morgan fingerprint density at radius 3 is 2.71 bits per heavy atom. The average Bonchev–Trinajstić information content (AvgIpc) is 3.41. The molecule has 3 heterocycles. The van der Waals surface area contributed by atoms with Gasteiger partial charge in [0, 0.05) is 54.2 Å². The Kier molecular flexibility index (Phi) is 6.59. The molecule has 3 atom stereocenters. The third kappa shape index (κ3) is 4.31. The van der Waals surface area contributed by atoms with Crippen LogP contribution in [-0.4, -0.2) is 59.9 Å². The number of anilines is 1. The second-order valence-corrected chi connectivity index (χ2v) is 9.52. The first-order valence-electron chi connectivity index (χ1n) is 12.4. The van der Waals surface area contributed by atoms with Crippen molar-refractivity contribution < 1.29 is 8.78 Å². The summed E-state index contributed by atoms with van der Waals surface area (Å²) in [7, 11) is 0. The van der Waals surface area contributed by atoms with Crippen molar-refractivity contribution in [1.82, 2.24) is 14.8 Å².